The van der Waals surface area contributed by atoms with E-state index < -0.39 is 4.92 Å². The number of benzene rings is 2. The number of halogens is 1. The van der Waals surface area contributed by atoms with Gasteiger partial charge in [0.05, 0.1) is 9.80 Å². The second-order valence-electron chi connectivity index (χ2n) is 5.00. The van der Waals surface area contributed by atoms with Crippen molar-refractivity contribution < 1.29 is 9.72 Å². The van der Waals surface area contributed by atoms with Gasteiger partial charge in [0.15, 0.2) is 0 Å². The molecule has 7 heteroatoms. The zero-order valence-electron chi connectivity index (χ0n) is 12.0. The second kappa shape index (κ2) is 5.98. The number of nitro groups is 1. The number of fused-ring (bicyclic) bond motifs is 1. The van der Waals surface area contributed by atoms with Crippen LogP contribution < -0.4 is 5.32 Å². The van der Waals surface area contributed by atoms with Crippen molar-refractivity contribution in [3.63, 3.8) is 0 Å². The van der Waals surface area contributed by atoms with Gasteiger partial charge in [-0.15, -0.1) is 11.3 Å². The molecule has 1 amide bonds. The summed E-state index contributed by atoms with van der Waals surface area (Å²) in [6, 6.07) is 11.5. The molecule has 0 fully saturated rings. The number of amides is 1. The van der Waals surface area contributed by atoms with E-state index in [1.54, 1.807) is 24.3 Å². The van der Waals surface area contributed by atoms with Gasteiger partial charge in [-0.1, -0.05) is 17.7 Å². The molecule has 1 aromatic heterocycles. The lowest BCUT2D eigenvalue weighted by molar-refractivity contribution is -0.384. The highest BCUT2D eigenvalue weighted by atomic mass is 35.5. The second-order valence-corrected chi connectivity index (χ2v) is 6.52. The van der Waals surface area contributed by atoms with Crippen LogP contribution in [0.5, 0.6) is 0 Å². The SMILES string of the molecule is Cc1ccc(Cl)cc1NC(=O)c1cc2cc([N+](=O)[O-])ccc2s1. The number of hydrogen-bond donors (Lipinski definition) is 1. The Morgan fingerprint density at radius 2 is 2.00 bits per heavy atom. The molecular weight excluding hydrogens is 336 g/mol. The number of hydrogen-bond acceptors (Lipinski definition) is 4. The zero-order valence-corrected chi connectivity index (χ0v) is 13.6. The van der Waals surface area contributed by atoms with Gasteiger partial charge in [0, 0.05) is 32.9 Å². The summed E-state index contributed by atoms with van der Waals surface area (Å²) >= 11 is 7.23. The minimum absolute atomic E-state index is 0.00736. The van der Waals surface area contributed by atoms with Crippen LogP contribution >= 0.6 is 22.9 Å². The highest BCUT2D eigenvalue weighted by Gasteiger charge is 2.14. The highest BCUT2D eigenvalue weighted by molar-refractivity contribution is 7.20. The quantitative estimate of drug-likeness (QED) is 0.534. The molecule has 0 atom stereocenters. The Morgan fingerprint density at radius 1 is 1.22 bits per heavy atom. The van der Waals surface area contributed by atoms with E-state index >= 15 is 0 Å². The standard InChI is InChI=1S/C16H11ClN2O3S/c1-9-2-3-11(17)8-13(9)18-16(20)15-7-10-6-12(19(21)22)4-5-14(10)23-15/h2-8H,1H3,(H,18,20). The first-order valence-electron chi connectivity index (χ1n) is 6.69. The van der Waals surface area contributed by atoms with E-state index in [2.05, 4.69) is 5.32 Å². The van der Waals surface area contributed by atoms with Crippen molar-refractivity contribution in [2.75, 3.05) is 5.32 Å². The smallest absolute Gasteiger partial charge is 0.270 e. The average molecular weight is 347 g/mol. The molecule has 3 rings (SSSR count). The van der Waals surface area contributed by atoms with E-state index in [-0.39, 0.29) is 11.6 Å². The molecule has 0 aliphatic carbocycles. The van der Waals surface area contributed by atoms with E-state index in [4.69, 9.17) is 11.6 Å². The number of aryl methyl sites for hydroxylation is 1. The number of carbonyl (C=O) groups excluding carboxylic acids is 1. The first-order valence-corrected chi connectivity index (χ1v) is 7.89. The number of thiophene rings is 1. The molecule has 0 radical (unpaired) electrons. The molecule has 0 spiro atoms. The fourth-order valence-corrected chi connectivity index (χ4v) is 3.28. The Labute approximate surface area is 140 Å². The molecule has 1 N–H and O–H groups in total. The van der Waals surface area contributed by atoms with Crippen molar-refractivity contribution in [3.8, 4) is 0 Å². The van der Waals surface area contributed by atoms with Crippen LogP contribution in [-0.2, 0) is 0 Å². The molecule has 0 saturated carbocycles. The maximum atomic E-state index is 12.4. The molecule has 23 heavy (non-hydrogen) atoms. The molecule has 0 bridgehead atoms. The van der Waals surface area contributed by atoms with E-state index in [0.29, 0.717) is 21.0 Å². The van der Waals surface area contributed by atoms with Crippen LogP contribution in [0.2, 0.25) is 5.02 Å². The summed E-state index contributed by atoms with van der Waals surface area (Å²) in [7, 11) is 0. The van der Waals surface area contributed by atoms with Gasteiger partial charge in [-0.2, -0.15) is 0 Å². The number of carbonyl (C=O) groups is 1. The number of rotatable bonds is 3. The Kier molecular flexibility index (Phi) is 4.02. The van der Waals surface area contributed by atoms with Gasteiger partial charge in [0.25, 0.3) is 11.6 Å². The summed E-state index contributed by atoms with van der Waals surface area (Å²) in [5.41, 5.74) is 1.55. The van der Waals surface area contributed by atoms with E-state index in [1.807, 2.05) is 13.0 Å². The molecular formula is C16H11ClN2O3S. The molecule has 1 heterocycles. The van der Waals surface area contributed by atoms with Gasteiger partial charge < -0.3 is 5.32 Å². The summed E-state index contributed by atoms with van der Waals surface area (Å²) in [6.45, 7) is 1.88. The Morgan fingerprint density at radius 3 is 2.74 bits per heavy atom. The van der Waals surface area contributed by atoms with Crippen LogP contribution in [0.1, 0.15) is 15.2 Å². The molecule has 3 aromatic rings. The summed E-state index contributed by atoms with van der Waals surface area (Å²) in [5.74, 6) is -0.265. The molecule has 5 nitrogen and oxygen atoms in total. The van der Waals surface area contributed by atoms with Gasteiger partial charge in [-0.3, -0.25) is 14.9 Å². The minimum atomic E-state index is -0.452. The number of nitro benzene ring substituents is 1. The Bertz CT molecular complexity index is 936. The molecule has 2 aromatic carbocycles. The van der Waals surface area contributed by atoms with Crippen molar-refractivity contribution in [3.05, 3.63) is 68.0 Å². The summed E-state index contributed by atoms with van der Waals surface area (Å²) in [4.78, 5) is 23.2. The van der Waals surface area contributed by atoms with Crippen LogP contribution in [0.15, 0.2) is 42.5 Å². The lowest BCUT2D eigenvalue weighted by Crippen LogP contribution is -2.11. The fraction of sp³-hybridized carbons (Fsp3) is 0.0625. The predicted molar refractivity (Wildman–Crippen MR) is 92.6 cm³/mol. The third-order valence-corrected chi connectivity index (χ3v) is 4.73. The van der Waals surface area contributed by atoms with Crippen LogP contribution in [-0.4, -0.2) is 10.8 Å². The number of non-ortho nitro benzene ring substituents is 1. The van der Waals surface area contributed by atoms with Gasteiger partial charge in [-0.05, 0) is 36.8 Å². The number of nitrogens with one attached hydrogen (secondary N) is 1. The summed E-state index contributed by atoms with van der Waals surface area (Å²) in [6.07, 6.45) is 0. The van der Waals surface area contributed by atoms with Crippen LogP contribution in [0.3, 0.4) is 0 Å². The van der Waals surface area contributed by atoms with Crippen LogP contribution in [0, 0.1) is 17.0 Å². The van der Waals surface area contributed by atoms with E-state index in [0.717, 1.165) is 10.3 Å². The van der Waals surface area contributed by atoms with Crippen molar-refractivity contribution >= 4 is 50.3 Å². The largest absolute Gasteiger partial charge is 0.321 e. The third-order valence-electron chi connectivity index (χ3n) is 3.38. The predicted octanol–water partition coefficient (Wildman–Crippen LogP) is 5.02. The first kappa shape index (κ1) is 15.5. The Hall–Kier alpha value is -2.44. The molecule has 116 valence electrons. The molecule has 0 aliphatic heterocycles. The van der Waals surface area contributed by atoms with Gasteiger partial charge in [0.1, 0.15) is 0 Å². The Balaban J connectivity index is 1.91. The van der Waals surface area contributed by atoms with Gasteiger partial charge in [-0.25, -0.2) is 0 Å². The van der Waals surface area contributed by atoms with Gasteiger partial charge in [0.2, 0.25) is 0 Å². The fourth-order valence-electron chi connectivity index (χ4n) is 2.17. The maximum absolute atomic E-state index is 12.4. The van der Waals surface area contributed by atoms with E-state index in [1.165, 1.54) is 23.5 Å². The monoisotopic (exact) mass is 346 g/mol. The highest BCUT2D eigenvalue weighted by Crippen LogP contribution is 2.30. The zero-order chi connectivity index (χ0) is 16.6. The van der Waals surface area contributed by atoms with Gasteiger partial charge >= 0.3 is 0 Å². The summed E-state index contributed by atoms with van der Waals surface area (Å²) < 4.78 is 0.823. The molecule has 0 unspecified atom stereocenters. The van der Waals surface area contributed by atoms with Crippen LogP contribution in [0.4, 0.5) is 11.4 Å². The minimum Gasteiger partial charge on any atom is -0.321 e. The topological polar surface area (TPSA) is 72.2 Å². The number of anilines is 1. The van der Waals surface area contributed by atoms with Crippen molar-refractivity contribution in [1.82, 2.24) is 0 Å². The first-order chi connectivity index (χ1) is 10.9. The number of nitrogens with zero attached hydrogens (tertiary/aromatic N) is 1. The normalized spacial score (nSPS) is 10.7. The van der Waals surface area contributed by atoms with Crippen molar-refractivity contribution in [2.24, 2.45) is 0 Å². The van der Waals surface area contributed by atoms with E-state index in [9.17, 15) is 14.9 Å². The summed E-state index contributed by atoms with van der Waals surface area (Å²) in [5, 5.41) is 14.8. The lowest BCUT2D eigenvalue weighted by Gasteiger charge is -2.07. The molecule has 0 saturated heterocycles. The maximum Gasteiger partial charge on any atom is 0.270 e. The average Bonchev–Trinajstić information content (AvgIpc) is 2.94. The van der Waals surface area contributed by atoms with Crippen molar-refractivity contribution in [2.45, 2.75) is 6.92 Å². The van der Waals surface area contributed by atoms with Crippen molar-refractivity contribution in [1.29, 1.82) is 0 Å². The lowest BCUT2D eigenvalue weighted by atomic mass is 10.2. The van der Waals surface area contributed by atoms with Crippen LogP contribution in [0.25, 0.3) is 10.1 Å². The molecule has 0 aliphatic rings. The third kappa shape index (κ3) is 3.18.